The number of amides is 1. The van der Waals surface area contributed by atoms with Crippen molar-refractivity contribution >= 4 is 39.3 Å². The summed E-state index contributed by atoms with van der Waals surface area (Å²) in [4.78, 5) is 11.7. The van der Waals surface area contributed by atoms with Crippen molar-refractivity contribution in [1.82, 2.24) is 5.32 Å². The van der Waals surface area contributed by atoms with Crippen molar-refractivity contribution in [3.8, 4) is 0 Å². The predicted molar refractivity (Wildman–Crippen MR) is 83.2 cm³/mol. The molecular weight excluding hydrogens is 312 g/mol. The Labute approximate surface area is 121 Å². The van der Waals surface area contributed by atoms with Gasteiger partial charge < -0.3 is 10.6 Å². The molecule has 0 heterocycles. The van der Waals surface area contributed by atoms with Crippen LogP contribution in [0.4, 0.5) is 5.69 Å². The molecule has 0 saturated heterocycles. The van der Waals surface area contributed by atoms with Crippen LogP contribution >= 0.6 is 27.7 Å². The number of carbonyl (C=O) groups is 1. The summed E-state index contributed by atoms with van der Waals surface area (Å²) in [5, 5.41) is 6.03. The summed E-state index contributed by atoms with van der Waals surface area (Å²) in [6.45, 7) is 5.43. The summed E-state index contributed by atoms with van der Waals surface area (Å²) in [6, 6.07) is 7.58. The fourth-order valence-corrected chi connectivity index (χ4v) is 1.94. The lowest BCUT2D eigenvalue weighted by Gasteiger charge is -2.22. The van der Waals surface area contributed by atoms with Crippen molar-refractivity contribution < 1.29 is 4.79 Å². The number of halogens is 1. The van der Waals surface area contributed by atoms with E-state index >= 15 is 0 Å². The monoisotopic (exact) mass is 330 g/mol. The van der Waals surface area contributed by atoms with E-state index in [0.29, 0.717) is 6.54 Å². The number of rotatable bonds is 6. The zero-order valence-electron chi connectivity index (χ0n) is 10.9. The first-order valence-corrected chi connectivity index (χ1v) is 7.76. The van der Waals surface area contributed by atoms with Crippen molar-refractivity contribution in [1.29, 1.82) is 0 Å². The molecule has 1 amide bonds. The van der Waals surface area contributed by atoms with E-state index in [2.05, 4.69) is 46.7 Å². The average Bonchev–Trinajstić information content (AvgIpc) is 2.32. The van der Waals surface area contributed by atoms with Crippen LogP contribution in [-0.2, 0) is 4.79 Å². The first kappa shape index (κ1) is 15.5. The number of nitrogens with one attached hydrogen (secondary N) is 2. The number of anilines is 1. The van der Waals surface area contributed by atoms with Crippen molar-refractivity contribution in [2.45, 2.75) is 18.6 Å². The van der Waals surface area contributed by atoms with Crippen LogP contribution in [0.5, 0.6) is 0 Å². The van der Waals surface area contributed by atoms with Gasteiger partial charge in [0.15, 0.2) is 0 Å². The molecule has 1 rings (SSSR count). The highest BCUT2D eigenvalue weighted by Crippen LogP contribution is 2.21. The van der Waals surface area contributed by atoms with Gasteiger partial charge in [0, 0.05) is 15.8 Å². The van der Waals surface area contributed by atoms with Crippen LogP contribution in [0.1, 0.15) is 13.8 Å². The summed E-state index contributed by atoms with van der Waals surface area (Å²) in [5.41, 5.74) is 0.799. The first-order valence-electron chi connectivity index (χ1n) is 5.75. The van der Waals surface area contributed by atoms with Crippen molar-refractivity contribution in [3.05, 3.63) is 28.7 Å². The quantitative estimate of drug-likeness (QED) is 0.842. The maximum atomic E-state index is 11.7. The second-order valence-corrected chi connectivity index (χ2v) is 6.96. The summed E-state index contributed by atoms with van der Waals surface area (Å²) in [5.74, 6) is -0.0289. The fourth-order valence-electron chi connectivity index (χ4n) is 1.31. The third kappa shape index (κ3) is 5.42. The standard InChI is InChI=1S/C13H19BrN2OS/c1-13(2,18-3)9-15-8-12(17)16-11-7-5-4-6-10(11)14/h4-7,15H,8-9H2,1-3H3,(H,16,17). The molecule has 0 bridgehead atoms. The Morgan fingerprint density at radius 2 is 2.06 bits per heavy atom. The minimum Gasteiger partial charge on any atom is -0.324 e. The molecule has 100 valence electrons. The molecule has 18 heavy (non-hydrogen) atoms. The fraction of sp³-hybridized carbons (Fsp3) is 0.462. The summed E-state index contributed by atoms with van der Waals surface area (Å²) in [7, 11) is 0. The largest absolute Gasteiger partial charge is 0.324 e. The minimum absolute atomic E-state index is 0.0289. The number of hydrogen-bond donors (Lipinski definition) is 2. The zero-order chi connectivity index (χ0) is 13.6. The molecular formula is C13H19BrN2OS. The van der Waals surface area contributed by atoms with E-state index in [0.717, 1.165) is 16.7 Å². The lowest BCUT2D eigenvalue weighted by molar-refractivity contribution is -0.115. The summed E-state index contributed by atoms with van der Waals surface area (Å²) in [6.07, 6.45) is 2.07. The molecule has 0 saturated carbocycles. The molecule has 0 fully saturated rings. The Morgan fingerprint density at radius 3 is 2.67 bits per heavy atom. The molecule has 0 aromatic heterocycles. The normalized spacial score (nSPS) is 11.3. The molecule has 0 radical (unpaired) electrons. The molecule has 2 N–H and O–H groups in total. The highest BCUT2D eigenvalue weighted by Gasteiger charge is 2.15. The third-order valence-corrected chi connectivity index (χ3v) is 4.48. The SMILES string of the molecule is CSC(C)(C)CNCC(=O)Nc1ccccc1Br. The van der Waals surface area contributed by atoms with Crippen molar-refractivity contribution in [3.63, 3.8) is 0 Å². The molecule has 0 spiro atoms. The smallest absolute Gasteiger partial charge is 0.238 e. The van der Waals surface area contributed by atoms with Gasteiger partial charge in [-0.25, -0.2) is 0 Å². The van der Waals surface area contributed by atoms with Crippen LogP contribution < -0.4 is 10.6 Å². The van der Waals surface area contributed by atoms with Crippen LogP contribution in [0.15, 0.2) is 28.7 Å². The van der Waals surface area contributed by atoms with Gasteiger partial charge >= 0.3 is 0 Å². The minimum atomic E-state index is -0.0289. The van der Waals surface area contributed by atoms with E-state index in [4.69, 9.17) is 0 Å². The molecule has 0 aliphatic rings. The molecule has 1 aromatic carbocycles. The van der Waals surface area contributed by atoms with Crippen LogP contribution in [0.25, 0.3) is 0 Å². The number of hydrogen-bond acceptors (Lipinski definition) is 3. The maximum absolute atomic E-state index is 11.7. The van der Waals surface area contributed by atoms with Gasteiger partial charge in [0.25, 0.3) is 0 Å². The average molecular weight is 331 g/mol. The summed E-state index contributed by atoms with van der Waals surface area (Å²) < 4.78 is 1.04. The van der Waals surface area contributed by atoms with Gasteiger partial charge in [-0.15, -0.1) is 0 Å². The van der Waals surface area contributed by atoms with Gasteiger partial charge in [0.05, 0.1) is 12.2 Å². The number of benzene rings is 1. The lowest BCUT2D eigenvalue weighted by atomic mass is 10.2. The van der Waals surface area contributed by atoms with Gasteiger partial charge in [-0.1, -0.05) is 12.1 Å². The van der Waals surface area contributed by atoms with E-state index in [1.165, 1.54) is 0 Å². The van der Waals surface area contributed by atoms with E-state index in [-0.39, 0.29) is 10.7 Å². The Balaban J connectivity index is 2.37. The first-order chi connectivity index (χ1) is 8.44. The summed E-state index contributed by atoms with van der Waals surface area (Å²) >= 11 is 5.18. The number of para-hydroxylation sites is 1. The Hall–Kier alpha value is -0.520. The van der Waals surface area contributed by atoms with Crippen LogP contribution in [0.3, 0.4) is 0 Å². The molecule has 0 aliphatic heterocycles. The Kier molecular flexibility index (Phi) is 6.18. The number of thioether (sulfide) groups is 1. The number of carbonyl (C=O) groups excluding carboxylic acids is 1. The molecule has 5 heteroatoms. The van der Waals surface area contributed by atoms with E-state index in [1.807, 2.05) is 24.3 Å². The van der Waals surface area contributed by atoms with Crippen LogP contribution in [0.2, 0.25) is 0 Å². The van der Waals surface area contributed by atoms with Gasteiger partial charge in [0.1, 0.15) is 0 Å². The highest BCUT2D eigenvalue weighted by atomic mass is 79.9. The second kappa shape index (κ2) is 7.16. The van der Waals surface area contributed by atoms with Gasteiger partial charge in [-0.05, 0) is 48.2 Å². The molecule has 0 unspecified atom stereocenters. The third-order valence-electron chi connectivity index (χ3n) is 2.54. The zero-order valence-corrected chi connectivity index (χ0v) is 13.3. The predicted octanol–water partition coefficient (Wildman–Crippen LogP) is 3.12. The Morgan fingerprint density at radius 1 is 1.39 bits per heavy atom. The Bertz CT molecular complexity index is 410. The van der Waals surface area contributed by atoms with Gasteiger partial charge in [-0.2, -0.15) is 11.8 Å². The molecule has 0 atom stereocenters. The topological polar surface area (TPSA) is 41.1 Å². The van der Waals surface area contributed by atoms with Crippen molar-refractivity contribution in [2.75, 3.05) is 24.7 Å². The van der Waals surface area contributed by atoms with Gasteiger partial charge in [0.2, 0.25) is 5.91 Å². The lowest BCUT2D eigenvalue weighted by Crippen LogP contribution is -2.37. The van der Waals surface area contributed by atoms with Gasteiger partial charge in [-0.3, -0.25) is 4.79 Å². The second-order valence-electron chi connectivity index (χ2n) is 4.60. The highest BCUT2D eigenvalue weighted by molar-refractivity contribution is 9.10. The van der Waals surface area contributed by atoms with E-state index < -0.39 is 0 Å². The van der Waals surface area contributed by atoms with Crippen molar-refractivity contribution in [2.24, 2.45) is 0 Å². The molecule has 1 aromatic rings. The van der Waals surface area contributed by atoms with Crippen LogP contribution in [-0.4, -0.2) is 30.0 Å². The molecule has 3 nitrogen and oxygen atoms in total. The van der Waals surface area contributed by atoms with E-state index in [1.54, 1.807) is 11.8 Å². The van der Waals surface area contributed by atoms with E-state index in [9.17, 15) is 4.79 Å². The molecule has 0 aliphatic carbocycles. The van der Waals surface area contributed by atoms with Crippen LogP contribution in [0, 0.1) is 0 Å². The maximum Gasteiger partial charge on any atom is 0.238 e.